The molecule has 0 radical (unpaired) electrons. The number of carbonyl (C=O) groups is 2. The van der Waals surface area contributed by atoms with Crippen molar-refractivity contribution in [2.75, 3.05) is 50.1 Å². The predicted octanol–water partition coefficient (Wildman–Crippen LogP) is 1.18. The van der Waals surface area contributed by atoms with E-state index in [9.17, 15) is 24.2 Å². The fraction of sp³-hybridized carbons (Fsp3) is 0.440. The first-order chi connectivity index (χ1) is 17.4. The van der Waals surface area contributed by atoms with Crippen molar-refractivity contribution in [3.05, 3.63) is 54.3 Å². The van der Waals surface area contributed by atoms with Crippen molar-refractivity contribution < 1.29 is 33.7 Å². The number of aliphatic hydroxyl groups excluding tert-OH is 2. The van der Waals surface area contributed by atoms with Gasteiger partial charge in [-0.15, -0.1) is 0 Å². The molecule has 10 nitrogen and oxygen atoms in total. The van der Waals surface area contributed by atoms with E-state index in [2.05, 4.69) is 15.5 Å². The Morgan fingerprint density at radius 1 is 1.06 bits per heavy atom. The topological polar surface area (TPSA) is 124 Å². The van der Waals surface area contributed by atoms with Gasteiger partial charge in [-0.05, 0) is 30.3 Å². The number of aliphatic hydroxyl groups is 2. The zero-order valence-corrected chi connectivity index (χ0v) is 20.0. The maximum absolute atomic E-state index is 13.3. The number of nitrogens with zero attached hydrogens (tertiary/aromatic N) is 2. The van der Waals surface area contributed by atoms with Crippen molar-refractivity contribution in [3.63, 3.8) is 0 Å². The highest BCUT2D eigenvalue weighted by Crippen LogP contribution is 2.29. The third-order valence-corrected chi connectivity index (χ3v) is 6.44. The number of amides is 3. The summed E-state index contributed by atoms with van der Waals surface area (Å²) in [6, 6.07) is 12.5. The molecule has 2 aromatic rings. The van der Waals surface area contributed by atoms with Gasteiger partial charge in [-0.3, -0.25) is 4.79 Å². The van der Waals surface area contributed by atoms with Crippen molar-refractivity contribution in [1.29, 1.82) is 0 Å². The number of methoxy groups -OCH3 is 1. The van der Waals surface area contributed by atoms with Gasteiger partial charge < -0.3 is 40.1 Å². The van der Waals surface area contributed by atoms with Gasteiger partial charge in [-0.25, -0.2) is 9.18 Å². The fourth-order valence-corrected chi connectivity index (χ4v) is 4.49. The Morgan fingerprint density at radius 2 is 1.78 bits per heavy atom. The molecule has 0 aliphatic carbocycles. The van der Waals surface area contributed by atoms with Crippen LogP contribution in [0.5, 0.6) is 5.75 Å². The number of hydrogen-bond acceptors (Lipinski definition) is 7. The third-order valence-electron chi connectivity index (χ3n) is 6.44. The van der Waals surface area contributed by atoms with E-state index >= 15 is 0 Å². The number of carbonyl (C=O) groups excluding carboxylic acids is 2. The molecule has 2 aromatic carbocycles. The number of urea groups is 1. The van der Waals surface area contributed by atoms with Crippen LogP contribution in [0.15, 0.2) is 48.5 Å². The Balaban J connectivity index is 1.24. The summed E-state index contributed by atoms with van der Waals surface area (Å²) in [5.74, 6) is 0.112. The van der Waals surface area contributed by atoms with Gasteiger partial charge in [0.05, 0.1) is 25.3 Å². The summed E-state index contributed by atoms with van der Waals surface area (Å²) in [5, 5.41) is 25.8. The fourth-order valence-electron chi connectivity index (χ4n) is 4.49. The van der Waals surface area contributed by atoms with Crippen LogP contribution in [-0.4, -0.2) is 91.3 Å². The molecule has 0 saturated carbocycles. The normalized spacial score (nSPS) is 23.9. The van der Waals surface area contributed by atoms with E-state index < -0.39 is 36.3 Å². The van der Waals surface area contributed by atoms with E-state index in [-0.39, 0.29) is 24.6 Å². The lowest BCUT2D eigenvalue weighted by Gasteiger charge is -2.37. The first-order valence-electron chi connectivity index (χ1n) is 11.8. The highest BCUT2D eigenvalue weighted by Gasteiger charge is 2.44. The summed E-state index contributed by atoms with van der Waals surface area (Å²) in [4.78, 5) is 28.8. The summed E-state index contributed by atoms with van der Waals surface area (Å²) in [5.41, 5.74) is 1.25. The minimum absolute atomic E-state index is 0.0845. The van der Waals surface area contributed by atoms with E-state index in [1.165, 1.54) is 24.3 Å². The molecule has 2 aliphatic rings. The van der Waals surface area contributed by atoms with Gasteiger partial charge in [-0.2, -0.15) is 0 Å². The molecule has 0 unspecified atom stereocenters. The van der Waals surface area contributed by atoms with Crippen molar-refractivity contribution in [1.82, 2.24) is 10.2 Å². The smallest absolute Gasteiger partial charge is 0.319 e. The molecule has 4 rings (SSSR count). The molecule has 4 atom stereocenters. The Hall–Kier alpha value is -3.41. The summed E-state index contributed by atoms with van der Waals surface area (Å²) in [6.07, 6.45) is -4.39. The average Bonchev–Trinajstić information content (AvgIpc) is 3.15. The number of hydrogen-bond donors (Lipinski definition) is 4. The summed E-state index contributed by atoms with van der Waals surface area (Å²) < 4.78 is 24.4. The predicted molar refractivity (Wildman–Crippen MR) is 130 cm³/mol. The van der Waals surface area contributed by atoms with Gasteiger partial charge in [0.25, 0.3) is 0 Å². The van der Waals surface area contributed by atoms with Gasteiger partial charge in [0, 0.05) is 38.4 Å². The standard InChI is InChI=1S/C25H31FN4O6/c1-35-19-8-3-2-7-18(19)29-9-11-30(12-10-29)22(31)14-20-23(32)24(33)21(36-20)15-27-25(34)28-17-6-4-5-16(26)13-17/h2-8,13,20-21,23-24,32-33H,9-12,14-15H2,1H3,(H2,27,28,34)/t20-,21-,23+,24-/m1/s1. The maximum atomic E-state index is 13.3. The Kier molecular flexibility index (Phi) is 8.24. The Bertz CT molecular complexity index is 1060. The van der Waals surface area contributed by atoms with Crippen LogP contribution < -0.4 is 20.3 Å². The number of ether oxygens (including phenoxy) is 2. The number of halogens is 1. The molecule has 2 heterocycles. The average molecular weight is 503 g/mol. The number of para-hydroxylation sites is 2. The number of anilines is 2. The molecule has 0 spiro atoms. The SMILES string of the molecule is COc1ccccc1N1CCN(C(=O)C[C@H]2O[C@H](CNC(=O)Nc3cccc(F)c3)[C@@H](O)[C@H]2O)CC1. The van der Waals surface area contributed by atoms with E-state index in [0.29, 0.717) is 26.2 Å². The number of piperazine rings is 1. The van der Waals surface area contributed by atoms with E-state index in [4.69, 9.17) is 9.47 Å². The minimum atomic E-state index is -1.26. The van der Waals surface area contributed by atoms with Crippen LogP contribution in [0.4, 0.5) is 20.6 Å². The van der Waals surface area contributed by atoms with Gasteiger partial charge >= 0.3 is 6.03 Å². The molecule has 2 saturated heterocycles. The van der Waals surface area contributed by atoms with Gasteiger partial charge in [0.1, 0.15) is 29.9 Å². The molecule has 3 amide bonds. The van der Waals surface area contributed by atoms with Crippen LogP contribution in [0.1, 0.15) is 6.42 Å². The Labute approximate surface area is 208 Å². The molecule has 36 heavy (non-hydrogen) atoms. The lowest BCUT2D eigenvalue weighted by Crippen LogP contribution is -2.50. The largest absolute Gasteiger partial charge is 0.495 e. The van der Waals surface area contributed by atoms with Crippen molar-refractivity contribution in [3.8, 4) is 5.75 Å². The lowest BCUT2D eigenvalue weighted by atomic mass is 10.0. The van der Waals surface area contributed by atoms with Crippen LogP contribution in [0.3, 0.4) is 0 Å². The zero-order chi connectivity index (χ0) is 25.7. The van der Waals surface area contributed by atoms with Crippen molar-refractivity contribution in [2.24, 2.45) is 0 Å². The molecule has 2 aliphatic heterocycles. The van der Waals surface area contributed by atoms with Crippen LogP contribution in [0, 0.1) is 5.82 Å². The van der Waals surface area contributed by atoms with E-state index in [1.807, 2.05) is 24.3 Å². The highest BCUT2D eigenvalue weighted by molar-refractivity contribution is 5.89. The van der Waals surface area contributed by atoms with Gasteiger partial charge in [0.15, 0.2) is 0 Å². The molecule has 0 bridgehead atoms. The second-order valence-electron chi connectivity index (χ2n) is 8.78. The summed E-state index contributed by atoms with van der Waals surface area (Å²) in [6.45, 7) is 2.19. The van der Waals surface area contributed by atoms with Crippen LogP contribution in [0.2, 0.25) is 0 Å². The summed E-state index contributed by atoms with van der Waals surface area (Å²) in [7, 11) is 1.62. The molecule has 4 N–H and O–H groups in total. The molecule has 194 valence electrons. The van der Waals surface area contributed by atoms with E-state index in [0.717, 1.165) is 11.4 Å². The zero-order valence-electron chi connectivity index (χ0n) is 20.0. The van der Waals surface area contributed by atoms with Crippen LogP contribution >= 0.6 is 0 Å². The van der Waals surface area contributed by atoms with Crippen molar-refractivity contribution in [2.45, 2.75) is 30.8 Å². The maximum Gasteiger partial charge on any atom is 0.319 e. The lowest BCUT2D eigenvalue weighted by molar-refractivity contribution is -0.135. The van der Waals surface area contributed by atoms with Crippen molar-refractivity contribution >= 4 is 23.3 Å². The number of benzene rings is 2. The second kappa shape index (κ2) is 11.5. The van der Waals surface area contributed by atoms with E-state index in [1.54, 1.807) is 12.0 Å². The van der Waals surface area contributed by atoms with Crippen LogP contribution in [-0.2, 0) is 9.53 Å². The molecule has 0 aromatic heterocycles. The molecule has 11 heteroatoms. The third kappa shape index (κ3) is 6.04. The number of rotatable bonds is 7. The molecular weight excluding hydrogens is 471 g/mol. The number of nitrogens with one attached hydrogen (secondary N) is 2. The van der Waals surface area contributed by atoms with Gasteiger partial charge in [-0.1, -0.05) is 18.2 Å². The van der Waals surface area contributed by atoms with Crippen LogP contribution in [0.25, 0.3) is 0 Å². The minimum Gasteiger partial charge on any atom is -0.495 e. The molecule has 2 fully saturated rings. The monoisotopic (exact) mass is 502 g/mol. The Morgan fingerprint density at radius 3 is 2.50 bits per heavy atom. The highest BCUT2D eigenvalue weighted by atomic mass is 19.1. The second-order valence-corrected chi connectivity index (χ2v) is 8.78. The summed E-state index contributed by atoms with van der Waals surface area (Å²) >= 11 is 0. The molecular formula is C25H31FN4O6. The van der Waals surface area contributed by atoms with Gasteiger partial charge in [0.2, 0.25) is 5.91 Å². The first-order valence-corrected chi connectivity index (χ1v) is 11.8. The quantitative estimate of drug-likeness (QED) is 0.448. The first kappa shape index (κ1) is 25.7.